The van der Waals surface area contributed by atoms with Crippen LogP contribution in [0.4, 0.5) is 0 Å². The molecule has 1 amide bonds. The molecule has 2 saturated heterocycles. The molecule has 6 nitrogen and oxygen atoms in total. The zero-order valence-electron chi connectivity index (χ0n) is 9.54. The average molecular weight is 263 g/mol. The summed E-state index contributed by atoms with van der Waals surface area (Å²) in [6.45, 7) is 1.05. The van der Waals surface area contributed by atoms with E-state index >= 15 is 0 Å². The third-order valence-corrected chi connectivity index (χ3v) is 5.07. The molecule has 17 heavy (non-hydrogen) atoms. The van der Waals surface area contributed by atoms with Crippen molar-refractivity contribution in [3.63, 3.8) is 0 Å². The predicted molar refractivity (Wildman–Crippen MR) is 60.2 cm³/mol. The van der Waals surface area contributed by atoms with Gasteiger partial charge in [-0.3, -0.25) is 4.79 Å². The van der Waals surface area contributed by atoms with E-state index in [-0.39, 0.29) is 30.1 Å². The Morgan fingerprint density at radius 3 is 2.82 bits per heavy atom. The zero-order chi connectivity index (χ0) is 12.5. The lowest BCUT2D eigenvalue weighted by Crippen LogP contribution is -2.52. The minimum atomic E-state index is -3.04. The molecule has 0 radical (unpaired) electrons. The normalized spacial score (nSPS) is 32.6. The van der Waals surface area contributed by atoms with Crippen LogP contribution in [-0.4, -0.2) is 68.2 Å². The standard InChI is InChI=1S/C10H17NO5S/c12-5-9-6-16-3-2-11(9)10(13)8-1-4-17(14,15)7-8/h8-9,12H,1-7H2. The molecule has 0 spiro atoms. The molecule has 2 atom stereocenters. The molecule has 0 bridgehead atoms. The van der Waals surface area contributed by atoms with Gasteiger partial charge in [0.25, 0.3) is 0 Å². The summed E-state index contributed by atoms with van der Waals surface area (Å²) < 4.78 is 27.9. The van der Waals surface area contributed by atoms with E-state index < -0.39 is 15.8 Å². The van der Waals surface area contributed by atoms with E-state index in [1.54, 1.807) is 4.90 Å². The molecule has 1 N–H and O–H groups in total. The van der Waals surface area contributed by atoms with Gasteiger partial charge in [0.05, 0.1) is 43.3 Å². The molecule has 2 unspecified atom stereocenters. The van der Waals surface area contributed by atoms with E-state index in [1.165, 1.54) is 0 Å². The van der Waals surface area contributed by atoms with Gasteiger partial charge in [0.1, 0.15) is 0 Å². The Labute approximate surface area is 100 Å². The van der Waals surface area contributed by atoms with Crippen LogP contribution in [0, 0.1) is 5.92 Å². The number of carbonyl (C=O) groups is 1. The van der Waals surface area contributed by atoms with Crippen LogP contribution in [0.25, 0.3) is 0 Å². The SMILES string of the molecule is O=C(C1CCS(=O)(=O)C1)N1CCOCC1CO. The number of morpholine rings is 1. The lowest BCUT2D eigenvalue weighted by Gasteiger charge is -2.35. The van der Waals surface area contributed by atoms with Crippen LogP contribution in [0.2, 0.25) is 0 Å². The molecular formula is C10H17NO5S. The molecule has 2 heterocycles. The van der Waals surface area contributed by atoms with Crippen molar-refractivity contribution in [2.45, 2.75) is 12.5 Å². The summed E-state index contributed by atoms with van der Waals surface area (Å²) in [7, 11) is -3.04. The van der Waals surface area contributed by atoms with Crippen molar-refractivity contribution in [3.8, 4) is 0 Å². The quantitative estimate of drug-likeness (QED) is 0.665. The Balaban J connectivity index is 2.04. The van der Waals surface area contributed by atoms with Crippen molar-refractivity contribution in [2.24, 2.45) is 5.92 Å². The number of ether oxygens (including phenoxy) is 1. The van der Waals surface area contributed by atoms with Gasteiger partial charge in [-0.2, -0.15) is 0 Å². The second-order valence-electron chi connectivity index (χ2n) is 4.54. The van der Waals surface area contributed by atoms with Crippen molar-refractivity contribution >= 4 is 15.7 Å². The van der Waals surface area contributed by atoms with E-state index in [1.807, 2.05) is 0 Å². The zero-order valence-corrected chi connectivity index (χ0v) is 10.4. The Morgan fingerprint density at radius 2 is 2.24 bits per heavy atom. The summed E-state index contributed by atoms with van der Waals surface area (Å²) in [6, 6.07) is -0.334. The Bertz CT molecular complexity index is 394. The van der Waals surface area contributed by atoms with E-state index in [0.717, 1.165) is 0 Å². The molecule has 0 saturated carbocycles. The van der Waals surface area contributed by atoms with Crippen molar-refractivity contribution in [2.75, 3.05) is 37.9 Å². The summed E-state index contributed by atoms with van der Waals surface area (Å²) in [6.07, 6.45) is 0.399. The number of aliphatic hydroxyl groups is 1. The highest BCUT2D eigenvalue weighted by Gasteiger charge is 2.38. The summed E-state index contributed by atoms with van der Waals surface area (Å²) >= 11 is 0. The van der Waals surface area contributed by atoms with Gasteiger partial charge in [0, 0.05) is 6.54 Å². The molecule has 2 fully saturated rings. The summed E-state index contributed by atoms with van der Waals surface area (Å²) in [5.41, 5.74) is 0. The maximum Gasteiger partial charge on any atom is 0.227 e. The van der Waals surface area contributed by atoms with Crippen molar-refractivity contribution in [1.29, 1.82) is 0 Å². The van der Waals surface area contributed by atoms with Crippen LogP contribution in [0.3, 0.4) is 0 Å². The van der Waals surface area contributed by atoms with Gasteiger partial charge < -0.3 is 14.7 Å². The fourth-order valence-electron chi connectivity index (χ4n) is 2.32. The first-order chi connectivity index (χ1) is 8.03. The fourth-order valence-corrected chi connectivity index (χ4v) is 4.05. The first-order valence-electron chi connectivity index (χ1n) is 5.73. The molecule has 98 valence electrons. The molecule has 2 rings (SSSR count). The van der Waals surface area contributed by atoms with Gasteiger partial charge in [0.2, 0.25) is 5.91 Å². The maximum absolute atomic E-state index is 12.2. The highest BCUT2D eigenvalue weighted by atomic mass is 32.2. The minimum Gasteiger partial charge on any atom is -0.394 e. The highest BCUT2D eigenvalue weighted by Crippen LogP contribution is 2.22. The molecule has 0 aromatic heterocycles. The summed E-state index contributed by atoms with van der Waals surface area (Å²) in [5.74, 6) is -0.556. The first kappa shape index (κ1) is 12.8. The number of hydrogen-bond acceptors (Lipinski definition) is 5. The van der Waals surface area contributed by atoms with E-state index in [9.17, 15) is 13.2 Å². The van der Waals surface area contributed by atoms with Gasteiger partial charge in [-0.05, 0) is 6.42 Å². The lowest BCUT2D eigenvalue weighted by molar-refractivity contribution is -0.145. The number of amides is 1. The van der Waals surface area contributed by atoms with Gasteiger partial charge in [-0.15, -0.1) is 0 Å². The number of carbonyl (C=O) groups excluding carboxylic acids is 1. The average Bonchev–Trinajstić information content (AvgIpc) is 2.68. The largest absolute Gasteiger partial charge is 0.394 e. The molecule has 7 heteroatoms. The molecule has 0 aromatic carbocycles. The van der Waals surface area contributed by atoms with Gasteiger partial charge in [-0.1, -0.05) is 0 Å². The van der Waals surface area contributed by atoms with E-state index in [2.05, 4.69) is 0 Å². The van der Waals surface area contributed by atoms with Crippen LogP contribution in [0.15, 0.2) is 0 Å². The first-order valence-corrected chi connectivity index (χ1v) is 7.55. The van der Waals surface area contributed by atoms with Crippen LogP contribution in [-0.2, 0) is 19.4 Å². The van der Waals surface area contributed by atoms with Gasteiger partial charge in [-0.25, -0.2) is 8.42 Å². The molecule has 2 aliphatic rings. The summed E-state index contributed by atoms with van der Waals surface area (Å²) in [4.78, 5) is 13.7. The van der Waals surface area contributed by atoms with Crippen LogP contribution in [0.1, 0.15) is 6.42 Å². The smallest absolute Gasteiger partial charge is 0.227 e. The molecule has 0 aromatic rings. The molecule has 2 aliphatic heterocycles. The fraction of sp³-hybridized carbons (Fsp3) is 0.900. The maximum atomic E-state index is 12.2. The molecular weight excluding hydrogens is 246 g/mol. The van der Waals surface area contributed by atoms with Gasteiger partial charge in [0.15, 0.2) is 9.84 Å². The lowest BCUT2D eigenvalue weighted by atomic mass is 10.1. The van der Waals surface area contributed by atoms with E-state index in [0.29, 0.717) is 26.2 Å². The second-order valence-corrected chi connectivity index (χ2v) is 6.77. The number of hydrogen-bond donors (Lipinski definition) is 1. The number of rotatable bonds is 2. The Hall–Kier alpha value is -0.660. The third-order valence-electron chi connectivity index (χ3n) is 3.30. The van der Waals surface area contributed by atoms with E-state index in [4.69, 9.17) is 9.84 Å². The topological polar surface area (TPSA) is 83.9 Å². The number of aliphatic hydroxyl groups excluding tert-OH is 1. The Morgan fingerprint density at radius 1 is 1.47 bits per heavy atom. The summed E-state index contributed by atoms with van der Waals surface area (Å²) in [5, 5.41) is 9.16. The van der Waals surface area contributed by atoms with Crippen LogP contribution >= 0.6 is 0 Å². The Kier molecular flexibility index (Phi) is 3.70. The monoisotopic (exact) mass is 263 g/mol. The number of sulfone groups is 1. The minimum absolute atomic E-state index is 0.0542. The van der Waals surface area contributed by atoms with Crippen molar-refractivity contribution < 1.29 is 23.1 Å². The van der Waals surface area contributed by atoms with Crippen molar-refractivity contribution in [1.82, 2.24) is 4.90 Å². The van der Waals surface area contributed by atoms with Crippen LogP contribution in [0.5, 0.6) is 0 Å². The highest BCUT2D eigenvalue weighted by molar-refractivity contribution is 7.91. The van der Waals surface area contributed by atoms with Crippen LogP contribution < -0.4 is 0 Å². The third kappa shape index (κ3) is 2.78. The van der Waals surface area contributed by atoms with Gasteiger partial charge >= 0.3 is 0 Å². The predicted octanol–water partition coefficient (Wildman–Crippen LogP) is -1.36. The number of nitrogens with zero attached hydrogens (tertiary/aromatic N) is 1. The molecule has 0 aliphatic carbocycles. The van der Waals surface area contributed by atoms with Crippen molar-refractivity contribution in [3.05, 3.63) is 0 Å². The second kappa shape index (κ2) is 4.91.